The van der Waals surface area contributed by atoms with Crippen LogP contribution in [0, 0.1) is 0 Å². The van der Waals surface area contributed by atoms with Gasteiger partial charge in [0.1, 0.15) is 73.2 Å². The molecular formula is C20H48O20. The predicted molar refractivity (Wildman–Crippen MR) is 129 cm³/mol. The minimum Gasteiger partial charge on any atom is -0.394 e. The van der Waals surface area contributed by atoms with Gasteiger partial charge in [0.05, 0.1) is 52.9 Å². The molecule has 0 aliphatic heterocycles. The van der Waals surface area contributed by atoms with E-state index in [-0.39, 0.29) is 13.2 Å². The van der Waals surface area contributed by atoms with Crippen molar-refractivity contribution in [1.82, 2.24) is 0 Å². The van der Waals surface area contributed by atoms with E-state index in [4.69, 9.17) is 102 Å². The number of rotatable bonds is 16. The lowest BCUT2D eigenvalue weighted by Gasteiger charge is -2.24. The second-order valence-corrected chi connectivity index (χ2v) is 7.97. The Balaban J connectivity index is -0.000000222. The molecule has 0 saturated carbocycles. The molecule has 11 atom stereocenters. The molecule has 248 valence electrons. The molecule has 0 aromatic carbocycles. The maximum atomic E-state index is 8.96. The van der Waals surface area contributed by atoms with E-state index in [9.17, 15) is 0 Å². The summed E-state index contributed by atoms with van der Waals surface area (Å²) in [6.45, 7) is -4.91. The van der Waals surface area contributed by atoms with E-state index in [1.807, 2.05) is 0 Å². The van der Waals surface area contributed by atoms with Gasteiger partial charge >= 0.3 is 0 Å². The summed E-state index contributed by atoms with van der Waals surface area (Å²) in [6, 6.07) is 0. The van der Waals surface area contributed by atoms with Crippen LogP contribution in [0.5, 0.6) is 0 Å². The molecule has 0 saturated heterocycles. The summed E-state index contributed by atoms with van der Waals surface area (Å²) in [7, 11) is 0. The molecular weight excluding hydrogens is 560 g/mol. The van der Waals surface area contributed by atoms with Crippen molar-refractivity contribution in [2.75, 3.05) is 52.9 Å². The minimum absolute atomic E-state index is 0.365. The van der Waals surface area contributed by atoms with Crippen molar-refractivity contribution in [2.24, 2.45) is 0 Å². The molecule has 0 bridgehead atoms. The molecule has 0 rings (SSSR count). The fourth-order valence-electron chi connectivity index (χ4n) is 1.87. The summed E-state index contributed by atoms with van der Waals surface area (Å²) < 4.78 is 0. The normalized spacial score (nSPS) is 19.4. The summed E-state index contributed by atoms with van der Waals surface area (Å²) >= 11 is 0. The molecule has 0 aliphatic rings. The smallest absolute Gasteiger partial charge is 0.111 e. The average molecular weight is 609 g/mol. The van der Waals surface area contributed by atoms with Crippen molar-refractivity contribution in [3.8, 4) is 0 Å². The van der Waals surface area contributed by atoms with Gasteiger partial charge in [-0.15, -0.1) is 0 Å². The van der Waals surface area contributed by atoms with Gasteiger partial charge in [0.15, 0.2) is 0 Å². The fraction of sp³-hybridized carbons (Fsp3) is 1.00. The van der Waals surface area contributed by atoms with Gasteiger partial charge in [-0.1, -0.05) is 0 Å². The van der Waals surface area contributed by atoms with Gasteiger partial charge in [0.2, 0.25) is 0 Å². The molecule has 0 heterocycles. The Hall–Kier alpha value is -0.800. The lowest BCUT2D eigenvalue weighted by molar-refractivity contribution is -0.123. The van der Waals surface area contributed by atoms with Crippen molar-refractivity contribution in [2.45, 2.75) is 73.2 Å². The first-order chi connectivity index (χ1) is 18.5. The minimum atomic E-state index is -1.67. The first kappa shape index (κ1) is 46.2. The zero-order valence-corrected chi connectivity index (χ0v) is 21.5. The molecule has 0 amide bonds. The molecule has 0 aromatic heterocycles. The molecule has 20 N–H and O–H groups in total. The van der Waals surface area contributed by atoms with Crippen LogP contribution in [-0.4, -0.2) is 228 Å². The van der Waals surface area contributed by atoms with Gasteiger partial charge in [0.25, 0.3) is 0 Å². The van der Waals surface area contributed by atoms with Crippen molar-refractivity contribution >= 4 is 0 Å². The molecule has 0 aromatic rings. The average Bonchev–Trinajstić information content (AvgIpc) is 3.00. The van der Waals surface area contributed by atoms with E-state index in [2.05, 4.69) is 0 Å². The zero-order valence-electron chi connectivity index (χ0n) is 21.5. The van der Waals surface area contributed by atoms with Crippen molar-refractivity contribution < 1.29 is 102 Å². The molecule has 20 nitrogen and oxygen atoms in total. The van der Waals surface area contributed by atoms with Crippen molar-refractivity contribution in [3.05, 3.63) is 0 Å². The topological polar surface area (TPSA) is 405 Å². The molecule has 0 aliphatic carbocycles. The van der Waals surface area contributed by atoms with Gasteiger partial charge in [-0.25, -0.2) is 0 Å². The van der Waals surface area contributed by atoms with Crippen molar-refractivity contribution in [3.63, 3.8) is 0 Å². The molecule has 40 heavy (non-hydrogen) atoms. The third kappa shape index (κ3) is 21.9. The Morgan fingerprint density at radius 1 is 0.225 bits per heavy atom. The van der Waals surface area contributed by atoms with Crippen LogP contribution in [0.25, 0.3) is 0 Å². The second-order valence-electron chi connectivity index (χ2n) is 7.97. The summed E-state index contributed by atoms with van der Waals surface area (Å²) in [5, 5.41) is 171. The molecule has 0 unspecified atom stereocenters. The maximum Gasteiger partial charge on any atom is 0.111 e. The zero-order chi connectivity index (χ0) is 32.6. The van der Waals surface area contributed by atoms with Gasteiger partial charge in [-0.2, -0.15) is 0 Å². The largest absolute Gasteiger partial charge is 0.394 e. The monoisotopic (exact) mass is 608 g/mol. The quantitative estimate of drug-likeness (QED) is 0.0772. The summed E-state index contributed by atoms with van der Waals surface area (Å²) in [5.41, 5.74) is 0. The van der Waals surface area contributed by atoms with E-state index in [1.165, 1.54) is 0 Å². The van der Waals surface area contributed by atoms with E-state index in [1.54, 1.807) is 0 Å². The number of aliphatic hydroxyl groups excluding tert-OH is 20. The predicted octanol–water partition coefficient (Wildman–Crippen LogP) is -11.8. The van der Waals surface area contributed by atoms with Gasteiger partial charge < -0.3 is 102 Å². The number of hydrogen-bond donors (Lipinski definition) is 20. The fourth-order valence-corrected chi connectivity index (χ4v) is 1.87. The van der Waals surface area contributed by atoms with Gasteiger partial charge in [-0.3, -0.25) is 0 Å². The standard InChI is InChI=1S/2C6H14O6.C5H12O5.C3H8O3/c2*7-1-3(9)5(11)6(12)4(10)2-8;6-1-3(8)5(10)4(9)2-7;4-1-3(6)2-5/h2*3-12H,1-2H2;3-10H,1-2H2;3-6H,1-2H2/t3-,4+,5-,6-;3-,4-,5-,6-;3-,4+,5+;/m11../s1. The maximum absolute atomic E-state index is 8.96. The third-order valence-corrected chi connectivity index (χ3v) is 4.61. The van der Waals surface area contributed by atoms with Crippen LogP contribution in [0.4, 0.5) is 0 Å². The number of aliphatic hydroxyl groups is 20. The van der Waals surface area contributed by atoms with Crippen LogP contribution in [-0.2, 0) is 0 Å². The lowest BCUT2D eigenvalue weighted by atomic mass is 10.0. The van der Waals surface area contributed by atoms with Crippen molar-refractivity contribution in [1.29, 1.82) is 0 Å². The molecule has 0 radical (unpaired) electrons. The van der Waals surface area contributed by atoms with Crippen LogP contribution in [0.15, 0.2) is 0 Å². The highest BCUT2D eigenvalue weighted by Crippen LogP contribution is 2.05. The third-order valence-electron chi connectivity index (χ3n) is 4.61. The van der Waals surface area contributed by atoms with Crippen LogP contribution in [0.3, 0.4) is 0 Å². The summed E-state index contributed by atoms with van der Waals surface area (Å²) in [6.07, 6.45) is -18.0. The van der Waals surface area contributed by atoms with Gasteiger partial charge in [-0.05, 0) is 0 Å². The van der Waals surface area contributed by atoms with Crippen LogP contribution in [0.1, 0.15) is 0 Å². The van der Waals surface area contributed by atoms with E-state index in [0.717, 1.165) is 0 Å². The Bertz CT molecular complexity index is 450. The van der Waals surface area contributed by atoms with E-state index >= 15 is 0 Å². The molecule has 0 fully saturated rings. The Labute approximate surface area is 229 Å². The van der Waals surface area contributed by atoms with E-state index < -0.39 is 113 Å². The van der Waals surface area contributed by atoms with Crippen LogP contribution in [0.2, 0.25) is 0 Å². The van der Waals surface area contributed by atoms with Crippen LogP contribution < -0.4 is 0 Å². The van der Waals surface area contributed by atoms with Gasteiger partial charge in [0, 0.05) is 0 Å². The summed E-state index contributed by atoms with van der Waals surface area (Å²) in [4.78, 5) is 0. The highest BCUT2D eigenvalue weighted by atomic mass is 16.4. The van der Waals surface area contributed by atoms with Crippen LogP contribution >= 0.6 is 0 Å². The first-order valence-corrected chi connectivity index (χ1v) is 11.6. The SMILES string of the molecule is OCC(O)CO.OC[C@@H](O)[C@@H](O)[C@H](O)[C@@H](O)CO.OC[C@@H](O)[C@@H](O)[C@H](O)[C@H](O)CO.OC[C@@H](O)[C@H](O)[C@@H](O)CO. The Kier molecular flexibility index (Phi) is 32.7. The second kappa shape index (κ2) is 28.3. The summed E-state index contributed by atoms with van der Waals surface area (Å²) in [5.74, 6) is 0. The molecule has 20 heteroatoms. The highest BCUT2D eigenvalue weighted by molar-refractivity contribution is 4.80. The highest BCUT2D eigenvalue weighted by Gasteiger charge is 2.30. The van der Waals surface area contributed by atoms with E-state index in [0.29, 0.717) is 0 Å². The first-order valence-electron chi connectivity index (χ1n) is 11.6. The lowest BCUT2D eigenvalue weighted by Crippen LogP contribution is -2.46. The Morgan fingerprint density at radius 2 is 0.375 bits per heavy atom. The Morgan fingerprint density at radius 3 is 0.475 bits per heavy atom. The number of hydrogen-bond acceptors (Lipinski definition) is 20. The molecule has 0 spiro atoms.